The van der Waals surface area contributed by atoms with E-state index in [2.05, 4.69) is 4.52 Å². The summed E-state index contributed by atoms with van der Waals surface area (Å²) in [6, 6.07) is 0. The number of carbonyl (C=O) groups is 1. The van der Waals surface area contributed by atoms with Crippen LogP contribution < -0.4 is 0 Å². The average Bonchev–Trinajstić information content (AvgIpc) is 2.76. The molecule has 0 heterocycles. The zero-order chi connectivity index (χ0) is 12.6. The molecule has 1 rings (SSSR count). The van der Waals surface area contributed by atoms with Crippen LogP contribution in [0.15, 0.2) is 0 Å². The van der Waals surface area contributed by atoms with Crippen molar-refractivity contribution in [1.29, 1.82) is 0 Å². The lowest BCUT2D eigenvalue weighted by molar-refractivity contribution is -0.158. The highest BCUT2D eigenvalue weighted by Gasteiger charge is 2.57. The zero-order valence-electron chi connectivity index (χ0n) is 9.60. The second-order valence-electron chi connectivity index (χ2n) is 5.21. The van der Waals surface area contributed by atoms with Gasteiger partial charge in [-0.2, -0.15) is 0 Å². The molecule has 0 amide bonds. The van der Waals surface area contributed by atoms with E-state index in [9.17, 15) is 9.36 Å². The van der Waals surface area contributed by atoms with Crippen molar-refractivity contribution in [3.8, 4) is 0 Å². The summed E-state index contributed by atoms with van der Waals surface area (Å²) >= 11 is 0. The Morgan fingerprint density at radius 2 is 1.88 bits per heavy atom. The minimum absolute atomic E-state index is 0.187. The standard InChI is InChI=1S/C9H17O6P/c1-8(2,3)6-14-7(10)9(4-5-9)15-16(11,12)13/h4-6H2,1-3H3,(H2,11,12,13). The highest BCUT2D eigenvalue weighted by atomic mass is 31.2. The van der Waals surface area contributed by atoms with Gasteiger partial charge in [0.15, 0.2) is 5.60 Å². The molecule has 6 nitrogen and oxygen atoms in total. The minimum Gasteiger partial charge on any atom is -0.463 e. The quantitative estimate of drug-likeness (QED) is 0.577. The van der Waals surface area contributed by atoms with Gasteiger partial charge in [-0.1, -0.05) is 20.8 Å². The molecular weight excluding hydrogens is 235 g/mol. The Kier molecular flexibility index (Phi) is 3.50. The molecule has 0 radical (unpaired) electrons. The van der Waals surface area contributed by atoms with Crippen molar-refractivity contribution < 1.29 is 28.4 Å². The molecule has 1 aliphatic carbocycles. The first kappa shape index (κ1) is 13.6. The molecule has 1 fully saturated rings. The predicted molar refractivity (Wildman–Crippen MR) is 55.5 cm³/mol. The van der Waals surface area contributed by atoms with Crippen LogP contribution in [0.5, 0.6) is 0 Å². The second-order valence-corrected chi connectivity index (χ2v) is 6.38. The summed E-state index contributed by atoms with van der Waals surface area (Å²) in [5.41, 5.74) is -1.60. The Balaban J connectivity index is 2.51. The number of phosphoric acid groups is 1. The van der Waals surface area contributed by atoms with Gasteiger partial charge in [-0.15, -0.1) is 0 Å². The van der Waals surface area contributed by atoms with Crippen LogP contribution in [-0.2, 0) is 18.6 Å². The Bertz CT molecular complexity index is 321. The van der Waals surface area contributed by atoms with Crippen LogP contribution >= 0.6 is 7.82 Å². The maximum Gasteiger partial charge on any atom is 0.470 e. The van der Waals surface area contributed by atoms with Crippen LogP contribution in [0.25, 0.3) is 0 Å². The number of carbonyl (C=O) groups excluding carboxylic acids is 1. The van der Waals surface area contributed by atoms with Gasteiger partial charge in [0.05, 0.1) is 6.61 Å². The summed E-state index contributed by atoms with van der Waals surface area (Å²) in [5.74, 6) is -0.689. The van der Waals surface area contributed by atoms with Gasteiger partial charge in [-0.05, 0) is 18.3 Å². The Morgan fingerprint density at radius 3 is 2.19 bits per heavy atom. The van der Waals surface area contributed by atoms with Crippen molar-refractivity contribution >= 4 is 13.8 Å². The molecule has 0 aliphatic heterocycles. The van der Waals surface area contributed by atoms with Gasteiger partial charge in [0.2, 0.25) is 0 Å². The summed E-state index contributed by atoms with van der Waals surface area (Å²) in [7, 11) is -4.64. The van der Waals surface area contributed by atoms with Crippen LogP contribution in [0.4, 0.5) is 0 Å². The molecule has 7 heteroatoms. The third kappa shape index (κ3) is 4.22. The normalized spacial score (nSPS) is 19.3. The lowest BCUT2D eigenvalue weighted by Gasteiger charge is -2.21. The van der Waals surface area contributed by atoms with E-state index in [-0.39, 0.29) is 12.0 Å². The van der Waals surface area contributed by atoms with Crippen LogP contribution in [0.3, 0.4) is 0 Å². The van der Waals surface area contributed by atoms with Crippen molar-refractivity contribution in [2.75, 3.05) is 6.61 Å². The fraction of sp³-hybridized carbons (Fsp3) is 0.889. The highest BCUT2D eigenvalue weighted by molar-refractivity contribution is 7.46. The molecule has 1 aliphatic rings. The molecule has 0 aromatic heterocycles. The van der Waals surface area contributed by atoms with E-state index >= 15 is 0 Å². The Morgan fingerprint density at radius 1 is 1.38 bits per heavy atom. The molecule has 0 aromatic carbocycles. The van der Waals surface area contributed by atoms with Crippen LogP contribution in [0, 0.1) is 5.41 Å². The lowest BCUT2D eigenvalue weighted by atomic mass is 9.99. The van der Waals surface area contributed by atoms with Crippen LogP contribution in [0.1, 0.15) is 33.6 Å². The van der Waals surface area contributed by atoms with Gasteiger partial charge in [0.25, 0.3) is 0 Å². The number of ether oxygens (including phenoxy) is 1. The molecule has 1 saturated carbocycles. The third-order valence-electron chi connectivity index (χ3n) is 2.01. The number of phosphoric ester groups is 1. The van der Waals surface area contributed by atoms with Gasteiger partial charge in [0, 0.05) is 0 Å². The zero-order valence-corrected chi connectivity index (χ0v) is 10.5. The average molecular weight is 252 g/mol. The van der Waals surface area contributed by atoms with E-state index in [1.54, 1.807) is 0 Å². The van der Waals surface area contributed by atoms with Crippen molar-refractivity contribution in [3.05, 3.63) is 0 Å². The highest BCUT2D eigenvalue weighted by Crippen LogP contribution is 2.52. The van der Waals surface area contributed by atoms with Gasteiger partial charge in [0.1, 0.15) is 0 Å². The summed E-state index contributed by atoms with van der Waals surface area (Å²) in [6.07, 6.45) is 0.585. The molecule has 0 atom stereocenters. The minimum atomic E-state index is -4.64. The molecule has 0 spiro atoms. The van der Waals surface area contributed by atoms with E-state index in [4.69, 9.17) is 14.5 Å². The van der Waals surface area contributed by atoms with E-state index in [1.165, 1.54) is 0 Å². The van der Waals surface area contributed by atoms with E-state index in [1.807, 2.05) is 20.8 Å². The van der Waals surface area contributed by atoms with Crippen molar-refractivity contribution in [2.45, 2.75) is 39.2 Å². The maximum absolute atomic E-state index is 11.6. The molecular formula is C9H17O6P. The second kappa shape index (κ2) is 4.11. The smallest absolute Gasteiger partial charge is 0.463 e. The number of hydrogen-bond acceptors (Lipinski definition) is 4. The number of hydrogen-bond donors (Lipinski definition) is 2. The molecule has 0 unspecified atom stereocenters. The summed E-state index contributed by atoms with van der Waals surface area (Å²) < 4.78 is 20.1. The van der Waals surface area contributed by atoms with Crippen molar-refractivity contribution in [3.63, 3.8) is 0 Å². The fourth-order valence-corrected chi connectivity index (χ4v) is 1.80. The van der Waals surface area contributed by atoms with Gasteiger partial charge in [-0.25, -0.2) is 9.36 Å². The summed E-state index contributed by atoms with van der Waals surface area (Å²) in [4.78, 5) is 28.9. The van der Waals surface area contributed by atoms with E-state index in [0.717, 1.165) is 0 Å². The van der Waals surface area contributed by atoms with E-state index < -0.39 is 19.4 Å². The van der Waals surface area contributed by atoms with Crippen LogP contribution in [-0.4, -0.2) is 28.0 Å². The first-order valence-electron chi connectivity index (χ1n) is 4.98. The Hall–Kier alpha value is -0.420. The number of rotatable bonds is 4. The van der Waals surface area contributed by atoms with Crippen molar-refractivity contribution in [1.82, 2.24) is 0 Å². The molecule has 0 bridgehead atoms. The van der Waals surface area contributed by atoms with Gasteiger partial charge < -0.3 is 14.5 Å². The largest absolute Gasteiger partial charge is 0.470 e. The maximum atomic E-state index is 11.6. The molecule has 0 saturated heterocycles. The predicted octanol–water partition coefficient (Wildman–Crippen LogP) is 1.22. The monoisotopic (exact) mass is 252 g/mol. The topological polar surface area (TPSA) is 93.1 Å². The first-order valence-corrected chi connectivity index (χ1v) is 6.51. The molecule has 16 heavy (non-hydrogen) atoms. The summed E-state index contributed by atoms with van der Waals surface area (Å²) in [5, 5.41) is 0. The molecule has 2 N–H and O–H groups in total. The van der Waals surface area contributed by atoms with E-state index in [0.29, 0.717) is 12.8 Å². The van der Waals surface area contributed by atoms with Gasteiger partial charge in [-0.3, -0.25) is 4.52 Å². The SMILES string of the molecule is CC(C)(C)COC(=O)C1(OP(=O)(O)O)CC1. The molecule has 94 valence electrons. The van der Waals surface area contributed by atoms with Crippen molar-refractivity contribution in [2.24, 2.45) is 5.41 Å². The first-order chi connectivity index (χ1) is 7.04. The fourth-order valence-electron chi connectivity index (χ4n) is 1.09. The molecule has 0 aromatic rings. The Labute approximate surface area is 94.2 Å². The number of esters is 1. The van der Waals surface area contributed by atoms with Crippen LogP contribution in [0.2, 0.25) is 0 Å². The van der Waals surface area contributed by atoms with Gasteiger partial charge >= 0.3 is 13.8 Å². The third-order valence-corrected chi connectivity index (χ3v) is 2.59. The summed E-state index contributed by atoms with van der Waals surface area (Å²) in [6.45, 7) is 5.87. The lowest BCUT2D eigenvalue weighted by Crippen LogP contribution is -2.30.